The van der Waals surface area contributed by atoms with Crippen molar-refractivity contribution < 1.29 is 19.8 Å². The first-order valence-electron chi connectivity index (χ1n) is 14.1. The summed E-state index contributed by atoms with van der Waals surface area (Å²) in [5.74, 6) is 2.29. The van der Waals surface area contributed by atoms with Gasteiger partial charge in [-0.05, 0) is 88.4 Å². The maximum atomic E-state index is 13.4. The minimum atomic E-state index is -0.963. The molecule has 0 radical (unpaired) electrons. The predicted octanol–water partition coefficient (Wildman–Crippen LogP) is 3.57. The molecule has 1 aliphatic carbocycles. The molecule has 9 heteroatoms. The Morgan fingerprint density at radius 3 is 2.29 bits per heavy atom. The van der Waals surface area contributed by atoms with Gasteiger partial charge >= 0.3 is 6.09 Å². The van der Waals surface area contributed by atoms with Crippen LogP contribution in [0, 0.1) is 17.8 Å². The second kappa shape index (κ2) is 13.8. The number of benzene rings is 1. The standard InChI is InChI=1S/C29H43N5O4/c1-33(16-17-35)13-10-21-11-14-34(15-12-21)27-18-25(24-4-2-3-5-26(24)32-27)28(36)30-19-22-6-8-23(9-7-22)20-31-29(37)38/h2-5,18,21-23,31,35H,6-17,19-20H2,1H3,(H,30,36)(H,37,38). The molecule has 0 spiro atoms. The SMILES string of the molecule is CN(CCO)CCC1CCN(c2cc(C(=O)NCC3CCC(CNC(=O)O)CC3)c3ccccc3n2)CC1. The zero-order valence-corrected chi connectivity index (χ0v) is 22.6. The highest BCUT2D eigenvalue weighted by atomic mass is 16.4. The lowest BCUT2D eigenvalue weighted by molar-refractivity contribution is 0.0942. The third-order valence-corrected chi connectivity index (χ3v) is 8.35. The number of hydrogen-bond donors (Lipinski definition) is 4. The van der Waals surface area contributed by atoms with Gasteiger partial charge < -0.3 is 30.6 Å². The average molecular weight is 526 g/mol. The summed E-state index contributed by atoms with van der Waals surface area (Å²) in [5, 5.41) is 24.5. The lowest BCUT2D eigenvalue weighted by atomic mass is 9.82. The first-order chi connectivity index (χ1) is 18.4. The maximum Gasteiger partial charge on any atom is 0.404 e. The number of carbonyl (C=O) groups is 2. The Balaban J connectivity index is 1.34. The molecule has 2 fully saturated rings. The van der Waals surface area contributed by atoms with E-state index < -0.39 is 6.09 Å². The molecule has 1 aromatic heterocycles. The number of nitrogens with one attached hydrogen (secondary N) is 2. The summed E-state index contributed by atoms with van der Waals surface area (Å²) in [4.78, 5) is 33.5. The molecule has 1 saturated heterocycles. The van der Waals surface area contributed by atoms with E-state index in [1.807, 2.05) is 30.3 Å². The molecule has 2 aromatic rings. The zero-order chi connectivity index (χ0) is 26.9. The number of pyridine rings is 1. The van der Waals surface area contributed by atoms with Crippen molar-refractivity contribution in [1.29, 1.82) is 0 Å². The van der Waals surface area contributed by atoms with Gasteiger partial charge in [0.05, 0.1) is 17.7 Å². The number of amides is 2. The normalized spacial score (nSPS) is 20.6. The van der Waals surface area contributed by atoms with Gasteiger partial charge in [0.1, 0.15) is 5.82 Å². The number of para-hydroxylation sites is 1. The van der Waals surface area contributed by atoms with E-state index in [1.165, 1.54) is 0 Å². The van der Waals surface area contributed by atoms with E-state index in [2.05, 4.69) is 27.5 Å². The molecule has 1 aromatic carbocycles. The van der Waals surface area contributed by atoms with Gasteiger partial charge in [-0.2, -0.15) is 0 Å². The fourth-order valence-corrected chi connectivity index (χ4v) is 5.85. The minimum absolute atomic E-state index is 0.0543. The van der Waals surface area contributed by atoms with Crippen LogP contribution in [0.3, 0.4) is 0 Å². The number of carboxylic acid groups (broad SMARTS) is 1. The van der Waals surface area contributed by atoms with Gasteiger partial charge in [-0.3, -0.25) is 4.79 Å². The number of hydrogen-bond acceptors (Lipinski definition) is 6. The van der Waals surface area contributed by atoms with Crippen LogP contribution in [0.1, 0.15) is 55.3 Å². The molecule has 2 amide bonds. The summed E-state index contributed by atoms with van der Waals surface area (Å²) in [6.45, 7) is 4.94. The van der Waals surface area contributed by atoms with Crippen LogP contribution in [0.4, 0.5) is 10.6 Å². The van der Waals surface area contributed by atoms with Crippen LogP contribution in [-0.4, -0.2) is 85.0 Å². The minimum Gasteiger partial charge on any atom is -0.465 e. The van der Waals surface area contributed by atoms with Crippen molar-refractivity contribution in [3.63, 3.8) is 0 Å². The second-order valence-electron chi connectivity index (χ2n) is 11.1. The molecule has 4 N–H and O–H groups in total. The molecule has 4 rings (SSSR count). The van der Waals surface area contributed by atoms with Crippen molar-refractivity contribution in [3.05, 3.63) is 35.9 Å². The Hall–Kier alpha value is -2.91. The van der Waals surface area contributed by atoms with Crippen molar-refractivity contribution in [2.75, 3.05) is 57.8 Å². The summed E-state index contributed by atoms with van der Waals surface area (Å²) in [6, 6.07) is 9.82. The zero-order valence-electron chi connectivity index (χ0n) is 22.6. The molecule has 0 unspecified atom stereocenters. The van der Waals surface area contributed by atoms with Gasteiger partial charge in [0.15, 0.2) is 0 Å². The van der Waals surface area contributed by atoms with Gasteiger partial charge in [-0.25, -0.2) is 9.78 Å². The van der Waals surface area contributed by atoms with E-state index in [0.717, 1.165) is 87.8 Å². The molecule has 2 aliphatic rings. The molecule has 2 heterocycles. The van der Waals surface area contributed by atoms with E-state index in [-0.39, 0.29) is 12.5 Å². The number of aromatic nitrogens is 1. The highest BCUT2D eigenvalue weighted by Crippen LogP contribution is 2.30. The van der Waals surface area contributed by atoms with Gasteiger partial charge in [-0.1, -0.05) is 18.2 Å². The number of piperidine rings is 1. The van der Waals surface area contributed by atoms with Crippen LogP contribution < -0.4 is 15.5 Å². The second-order valence-corrected chi connectivity index (χ2v) is 11.1. The Morgan fingerprint density at radius 1 is 0.974 bits per heavy atom. The van der Waals surface area contributed by atoms with Crippen LogP contribution >= 0.6 is 0 Å². The molecule has 0 atom stereocenters. The van der Waals surface area contributed by atoms with E-state index >= 15 is 0 Å². The Morgan fingerprint density at radius 2 is 1.63 bits per heavy atom. The van der Waals surface area contributed by atoms with Crippen LogP contribution in [0.2, 0.25) is 0 Å². The van der Waals surface area contributed by atoms with Crippen molar-refractivity contribution >= 4 is 28.7 Å². The highest BCUT2D eigenvalue weighted by Gasteiger charge is 2.24. The van der Waals surface area contributed by atoms with Crippen molar-refractivity contribution in [2.24, 2.45) is 17.8 Å². The number of anilines is 1. The van der Waals surface area contributed by atoms with Crippen LogP contribution in [0.15, 0.2) is 30.3 Å². The van der Waals surface area contributed by atoms with Crippen LogP contribution in [0.5, 0.6) is 0 Å². The summed E-state index contributed by atoms with van der Waals surface area (Å²) in [6.07, 6.45) is 6.35. The summed E-state index contributed by atoms with van der Waals surface area (Å²) in [5.41, 5.74) is 1.52. The van der Waals surface area contributed by atoms with Gasteiger partial charge in [0, 0.05) is 38.1 Å². The average Bonchev–Trinajstić information content (AvgIpc) is 2.94. The number of rotatable bonds is 11. The maximum absolute atomic E-state index is 13.4. The molecule has 9 nitrogen and oxygen atoms in total. The van der Waals surface area contributed by atoms with Crippen molar-refractivity contribution in [2.45, 2.75) is 44.9 Å². The molecule has 0 bridgehead atoms. The smallest absolute Gasteiger partial charge is 0.404 e. The van der Waals surface area contributed by atoms with Crippen molar-refractivity contribution in [3.8, 4) is 0 Å². The van der Waals surface area contributed by atoms with E-state index in [0.29, 0.717) is 36.4 Å². The van der Waals surface area contributed by atoms with Crippen LogP contribution in [0.25, 0.3) is 10.9 Å². The molecule has 1 aliphatic heterocycles. The Kier molecular flexibility index (Phi) is 10.2. The number of carbonyl (C=O) groups excluding carboxylic acids is 1. The fourth-order valence-electron chi connectivity index (χ4n) is 5.85. The third-order valence-electron chi connectivity index (χ3n) is 8.35. The Bertz CT molecular complexity index is 1060. The van der Waals surface area contributed by atoms with E-state index in [1.54, 1.807) is 0 Å². The lowest BCUT2D eigenvalue weighted by Crippen LogP contribution is -2.36. The molecule has 1 saturated carbocycles. The highest BCUT2D eigenvalue weighted by molar-refractivity contribution is 6.07. The lowest BCUT2D eigenvalue weighted by Gasteiger charge is -2.34. The first-order valence-corrected chi connectivity index (χ1v) is 14.1. The van der Waals surface area contributed by atoms with E-state index in [4.69, 9.17) is 15.2 Å². The van der Waals surface area contributed by atoms with Crippen molar-refractivity contribution in [1.82, 2.24) is 20.5 Å². The summed E-state index contributed by atoms with van der Waals surface area (Å²) in [7, 11) is 2.06. The number of nitrogens with zero attached hydrogens (tertiary/aromatic N) is 3. The largest absolute Gasteiger partial charge is 0.465 e. The summed E-state index contributed by atoms with van der Waals surface area (Å²) < 4.78 is 0. The van der Waals surface area contributed by atoms with Gasteiger partial charge in [0.25, 0.3) is 5.91 Å². The number of likely N-dealkylation sites (N-methyl/N-ethyl adjacent to an activating group) is 1. The van der Waals surface area contributed by atoms with Gasteiger partial charge in [0.2, 0.25) is 0 Å². The predicted molar refractivity (Wildman–Crippen MR) is 150 cm³/mol. The topological polar surface area (TPSA) is 118 Å². The molecular weight excluding hydrogens is 482 g/mol. The molecular formula is C29H43N5O4. The quantitative estimate of drug-likeness (QED) is 0.354. The summed E-state index contributed by atoms with van der Waals surface area (Å²) >= 11 is 0. The number of aliphatic hydroxyl groups excluding tert-OH is 1. The number of fused-ring (bicyclic) bond motifs is 1. The molecule has 38 heavy (non-hydrogen) atoms. The van der Waals surface area contributed by atoms with E-state index in [9.17, 15) is 9.59 Å². The number of aliphatic hydroxyl groups is 1. The fraction of sp³-hybridized carbons (Fsp3) is 0.621. The monoisotopic (exact) mass is 525 g/mol. The van der Waals surface area contributed by atoms with Crippen LogP contribution in [-0.2, 0) is 0 Å². The van der Waals surface area contributed by atoms with Gasteiger partial charge in [-0.15, -0.1) is 0 Å². The molecule has 208 valence electrons. The Labute approximate surface area is 225 Å². The third kappa shape index (κ3) is 7.80. The first kappa shape index (κ1) is 28.1.